The van der Waals surface area contributed by atoms with E-state index in [1.165, 1.54) is 12.8 Å². The average molecular weight is 332 g/mol. The molecule has 0 unspecified atom stereocenters. The van der Waals surface area contributed by atoms with E-state index in [1.54, 1.807) is 0 Å². The van der Waals surface area contributed by atoms with Crippen LogP contribution in [0.15, 0.2) is 18.3 Å². The first-order chi connectivity index (χ1) is 11.7. The Morgan fingerprint density at radius 1 is 1.33 bits per heavy atom. The monoisotopic (exact) mass is 332 g/mol. The summed E-state index contributed by atoms with van der Waals surface area (Å²) in [6, 6.07) is 4.09. The molecule has 3 heterocycles. The van der Waals surface area contributed by atoms with Crippen molar-refractivity contribution in [1.82, 2.24) is 10.3 Å². The molecule has 0 bridgehead atoms. The Kier molecular flexibility index (Phi) is 5.68. The number of rotatable bonds is 5. The molecule has 2 fully saturated rings. The number of ether oxygens (including phenoxy) is 1. The van der Waals surface area contributed by atoms with Crippen molar-refractivity contribution in [2.45, 2.75) is 51.4 Å². The Morgan fingerprint density at radius 2 is 2.12 bits per heavy atom. The molecule has 1 amide bonds. The first-order valence-corrected chi connectivity index (χ1v) is 8.99. The minimum atomic E-state index is -0.360. The molecule has 24 heavy (non-hydrogen) atoms. The number of hydrogen-bond acceptors (Lipinski definition) is 5. The molecule has 2 saturated heterocycles. The third-order valence-corrected chi connectivity index (χ3v) is 5.05. The Balaban J connectivity index is 1.47. The van der Waals surface area contributed by atoms with Gasteiger partial charge in [0.25, 0.3) is 0 Å². The highest BCUT2D eigenvalue weighted by atomic mass is 16.5. The second-order valence-corrected chi connectivity index (χ2v) is 6.97. The van der Waals surface area contributed by atoms with E-state index in [-0.39, 0.29) is 18.1 Å². The molecule has 0 aliphatic carbocycles. The number of nitrogens with two attached hydrogens (primary N) is 1. The summed E-state index contributed by atoms with van der Waals surface area (Å²) in [4.78, 5) is 19.0. The topological polar surface area (TPSA) is 80.5 Å². The van der Waals surface area contributed by atoms with Crippen LogP contribution in [0.2, 0.25) is 0 Å². The normalized spacial score (nSPS) is 25.0. The maximum absolute atomic E-state index is 12.1. The number of pyridine rings is 1. The quantitative estimate of drug-likeness (QED) is 0.853. The highest BCUT2D eigenvalue weighted by Crippen LogP contribution is 2.21. The van der Waals surface area contributed by atoms with Gasteiger partial charge in [-0.05, 0) is 43.2 Å². The van der Waals surface area contributed by atoms with E-state index in [1.807, 2.05) is 18.3 Å². The second kappa shape index (κ2) is 7.94. The van der Waals surface area contributed by atoms with Gasteiger partial charge in [0.05, 0.1) is 6.10 Å². The molecular formula is C18H28N4O2. The van der Waals surface area contributed by atoms with E-state index in [2.05, 4.69) is 22.1 Å². The molecule has 3 rings (SSSR count). The minimum absolute atomic E-state index is 0.0222. The maximum atomic E-state index is 12.1. The molecule has 132 valence electrons. The van der Waals surface area contributed by atoms with Crippen LogP contribution in [0.5, 0.6) is 0 Å². The van der Waals surface area contributed by atoms with Crippen molar-refractivity contribution >= 4 is 11.7 Å². The average Bonchev–Trinajstić information content (AvgIpc) is 3.10. The molecule has 0 radical (unpaired) electrons. The summed E-state index contributed by atoms with van der Waals surface area (Å²) in [5.74, 6) is 1.79. The van der Waals surface area contributed by atoms with Crippen molar-refractivity contribution in [3.63, 3.8) is 0 Å². The van der Waals surface area contributed by atoms with Gasteiger partial charge in [-0.1, -0.05) is 13.0 Å². The third-order valence-electron chi connectivity index (χ3n) is 5.05. The molecule has 3 N–H and O–H groups in total. The van der Waals surface area contributed by atoms with Crippen LogP contribution in [0.4, 0.5) is 5.82 Å². The summed E-state index contributed by atoms with van der Waals surface area (Å²) in [7, 11) is 0. The molecule has 0 saturated carbocycles. The molecule has 2 aliphatic heterocycles. The van der Waals surface area contributed by atoms with Gasteiger partial charge >= 0.3 is 0 Å². The van der Waals surface area contributed by atoms with Gasteiger partial charge in [-0.2, -0.15) is 0 Å². The number of nitrogens with zero attached hydrogens (tertiary/aromatic N) is 2. The van der Waals surface area contributed by atoms with Crippen LogP contribution < -0.4 is 16.0 Å². The number of carbonyl (C=O) groups excluding carboxylic acids is 1. The van der Waals surface area contributed by atoms with E-state index in [0.29, 0.717) is 13.1 Å². The van der Waals surface area contributed by atoms with E-state index >= 15 is 0 Å². The molecule has 1 aromatic heterocycles. The standard InChI is InChI=1S/C18H28N4O2/c1-13-6-8-22(9-7-13)17-5-2-14(11-20-17)12-21-18(23)16-4-3-15(10-19)24-16/h2,5,11,13,15-16H,3-4,6-10,12,19H2,1H3,(H,21,23)/t15-,16+/m1/s1. The van der Waals surface area contributed by atoms with E-state index in [4.69, 9.17) is 10.5 Å². The summed E-state index contributed by atoms with van der Waals surface area (Å²) in [5, 5.41) is 2.93. The second-order valence-electron chi connectivity index (χ2n) is 6.97. The number of hydrogen-bond donors (Lipinski definition) is 2. The lowest BCUT2D eigenvalue weighted by Crippen LogP contribution is -2.35. The number of nitrogens with one attached hydrogen (secondary N) is 1. The Hall–Kier alpha value is -1.66. The van der Waals surface area contributed by atoms with Crippen LogP contribution in [-0.4, -0.2) is 42.7 Å². The molecule has 1 aromatic rings. The SMILES string of the molecule is CC1CCN(c2ccc(CNC(=O)[C@@H]3CC[C@H](CN)O3)cn2)CC1. The first kappa shape index (κ1) is 17.2. The third kappa shape index (κ3) is 4.24. The highest BCUT2D eigenvalue weighted by Gasteiger charge is 2.29. The van der Waals surface area contributed by atoms with Crippen molar-refractivity contribution in [3.8, 4) is 0 Å². The molecular weight excluding hydrogens is 304 g/mol. The zero-order valence-electron chi connectivity index (χ0n) is 14.4. The summed E-state index contributed by atoms with van der Waals surface area (Å²) < 4.78 is 5.61. The highest BCUT2D eigenvalue weighted by molar-refractivity contribution is 5.81. The fourth-order valence-electron chi connectivity index (χ4n) is 3.32. The molecule has 6 nitrogen and oxygen atoms in total. The van der Waals surface area contributed by atoms with E-state index in [0.717, 1.165) is 43.2 Å². The number of amides is 1. The number of anilines is 1. The Bertz CT molecular complexity index is 540. The first-order valence-electron chi connectivity index (χ1n) is 8.99. The van der Waals surface area contributed by atoms with Crippen LogP contribution in [0, 0.1) is 5.92 Å². The Morgan fingerprint density at radius 3 is 2.75 bits per heavy atom. The zero-order valence-corrected chi connectivity index (χ0v) is 14.4. The van der Waals surface area contributed by atoms with Gasteiger partial charge in [-0.3, -0.25) is 4.79 Å². The van der Waals surface area contributed by atoms with Gasteiger partial charge in [-0.15, -0.1) is 0 Å². The largest absolute Gasteiger partial charge is 0.364 e. The van der Waals surface area contributed by atoms with Crippen LogP contribution >= 0.6 is 0 Å². The molecule has 0 spiro atoms. The van der Waals surface area contributed by atoms with Gasteiger partial charge in [-0.25, -0.2) is 4.98 Å². The van der Waals surface area contributed by atoms with Gasteiger partial charge in [0.15, 0.2) is 0 Å². The summed E-state index contributed by atoms with van der Waals surface area (Å²) in [5.41, 5.74) is 6.58. The van der Waals surface area contributed by atoms with Crippen molar-refractivity contribution in [1.29, 1.82) is 0 Å². The number of aromatic nitrogens is 1. The molecule has 0 aromatic carbocycles. The fraction of sp³-hybridized carbons (Fsp3) is 0.667. The number of piperidine rings is 1. The summed E-state index contributed by atoms with van der Waals surface area (Å²) >= 11 is 0. The van der Waals surface area contributed by atoms with Gasteiger partial charge in [0, 0.05) is 32.4 Å². The maximum Gasteiger partial charge on any atom is 0.249 e. The smallest absolute Gasteiger partial charge is 0.249 e. The lowest BCUT2D eigenvalue weighted by Gasteiger charge is -2.31. The van der Waals surface area contributed by atoms with Gasteiger partial charge in [0.1, 0.15) is 11.9 Å². The van der Waals surface area contributed by atoms with Crippen LogP contribution in [0.3, 0.4) is 0 Å². The fourth-order valence-corrected chi connectivity index (χ4v) is 3.32. The lowest BCUT2D eigenvalue weighted by atomic mass is 9.99. The molecule has 2 atom stereocenters. The molecule has 2 aliphatic rings. The van der Waals surface area contributed by atoms with Crippen molar-refractivity contribution in [3.05, 3.63) is 23.9 Å². The zero-order chi connectivity index (χ0) is 16.9. The summed E-state index contributed by atoms with van der Waals surface area (Å²) in [6.45, 7) is 5.41. The van der Waals surface area contributed by atoms with Crippen molar-refractivity contribution in [2.75, 3.05) is 24.5 Å². The van der Waals surface area contributed by atoms with Crippen molar-refractivity contribution < 1.29 is 9.53 Å². The van der Waals surface area contributed by atoms with Gasteiger partial charge in [0.2, 0.25) is 5.91 Å². The van der Waals surface area contributed by atoms with Gasteiger partial charge < -0.3 is 20.7 Å². The number of carbonyl (C=O) groups is 1. The van der Waals surface area contributed by atoms with Crippen LogP contribution in [0.25, 0.3) is 0 Å². The summed E-state index contributed by atoms with van der Waals surface area (Å²) in [6.07, 6.45) is 5.58. The molecule has 6 heteroatoms. The Labute approximate surface area is 143 Å². The van der Waals surface area contributed by atoms with Crippen molar-refractivity contribution in [2.24, 2.45) is 11.7 Å². The predicted molar refractivity (Wildman–Crippen MR) is 93.6 cm³/mol. The minimum Gasteiger partial charge on any atom is -0.364 e. The predicted octanol–water partition coefficient (Wildman–Crippen LogP) is 1.44. The lowest BCUT2D eigenvalue weighted by molar-refractivity contribution is -0.132. The van der Waals surface area contributed by atoms with E-state index in [9.17, 15) is 4.79 Å². The van der Waals surface area contributed by atoms with Crippen LogP contribution in [-0.2, 0) is 16.1 Å². The van der Waals surface area contributed by atoms with Crippen LogP contribution in [0.1, 0.15) is 38.2 Å². The van der Waals surface area contributed by atoms with E-state index < -0.39 is 0 Å².